The van der Waals surface area contributed by atoms with Gasteiger partial charge in [-0.25, -0.2) is 14.6 Å². The second-order valence-corrected chi connectivity index (χ2v) is 15.2. The third kappa shape index (κ3) is 7.15. The number of hydrogen-bond acceptors (Lipinski definition) is 10. The Hall–Kier alpha value is -3.52. The number of benzene rings is 1. The van der Waals surface area contributed by atoms with Gasteiger partial charge in [0.1, 0.15) is 12.1 Å². The zero-order valence-corrected chi connectivity index (χ0v) is 29.8. The molecule has 7 rings (SSSR count). The molecule has 1 spiro atoms. The number of amides is 2. The maximum Gasteiger partial charge on any atom is 0.328 e. The molecule has 274 valence electrons. The fourth-order valence-electron chi connectivity index (χ4n) is 8.51. The predicted molar refractivity (Wildman–Crippen MR) is 179 cm³/mol. The number of ether oxygens (including phenoxy) is 4. The maximum absolute atomic E-state index is 13.5. The molecule has 1 aromatic heterocycles. The van der Waals surface area contributed by atoms with E-state index < -0.39 is 59.8 Å². The summed E-state index contributed by atoms with van der Waals surface area (Å²) in [4.78, 5) is 67.7. The van der Waals surface area contributed by atoms with E-state index in [0.717, 1.165) is 35.7 Å². The van der Waals surface area contributed by atoms with Crippen molar-refractivity contribution < 1.29 is 47.9 Å². The molecule has 1 aliphatic carbocycles. The van der Waals surface area contributed by atoms with E-state index in [4.69, 9.17) is 28.7 Å². The monoisotopic (exact) mass is 697 g/mol. The zero-order valence-electron chi connectivity index (χ0n) is 29.8. The number of para-hydroxylation sites is 1. The van der Waals surface area contributed by atoms with Crippen LogP contribution in [0.5, 0.6) is 0 Å². The summed E-state index contributed by atoms with van der Waals surface area (Å²) in [7, 11) is 1.27. The number of nitrogens with one attached hydrogen (secondary N) is 3. The lowest BCUT2D eigenvalue weighted by molar-refractivity contribution is -0.576. The third-order valence-corrected chi connectivity index (χ3v) is 11.2. The molecule has 1 aromatic carbocycles. The quantitative estimate of drug-likeness (QED) is 0.214. The van der Waals surface area contributed by atoms with Gasteiger partial charge in [-0.15, -0.1) is 0 Å². The van der Waals surface area contributed by atoms with Crippen molar-refractivity contribution in [3.63, 3.8) is 0 Å². The van der Waals surface area contributed by atoms with Gasteiger partial charge < -0.3 is 34.6 Å². The van der Waals surface area contributed by atoms with E-state index in [9.17, 15) is 19.2 Å². The number of rotatable bonds is 12. The van der Waals surface area contributed by atoms with Crippen LogP contribution in [0.4, 0.5) is 0 Å². The highest BCUT2D eigenvalue weighted by molar-refractivity contribution is 5.92. The van der Waals surface area contributed by atoms with E-state index in [1.165, 1.54) is 7.11 Å². The second-order valence-electron chi connectivity index (χ2n) is 15.2. The smallest absolute Gasteiger partial charge is 0.328 e. The van der Waals surface area contributed by atoms with Gasteiger partial charge in [0.15, 0.2) is 11.9 Å². The number of carbonyl (C=O) groups excluding carboxylic acids is 4. The van der Waals surface area contributed by atoms with Crippen molar-refractivity contribution in [1.82, 2.24) is 15.6 Å². The van der Waals surface area contributed by atoms with Crippen LogP contribution in [0.3, 0.4) is 0 Å². The Morgan fingerprint density at radius 3 is 2.54 bits per heavy atom. The van der Waals surface area contributed by atoms with Crippen molar-refractivity contribution in [2.45, 2.75) is 122 Å². The molecular weight excluding hydrogens is 646 g/mol. The molecule has 2 bridgehead atoms. The van der Waals surface area contributed by atoms with Crippen LogP contribution in [0.25, 0.3) is 10.9 Å². The van der Waals surface area contributed by atoms with E-state index in [1.54, 1.807) is 6.20 Å². The minimum absolute atomic E-state index is 0.00807. The first-order valence-corrected chi connectivity index (χ1v) is 18.0. The zero-order chi connectivity index (χ0) is 35.8. The topological polar surface area (TPSA) is 164 Å². The van der Waals surface area contributed by atoms with Crippen molar-refractivity contribution in [2.75, 3.05) is 7.11 Å². The fraction of sp³-hybridized carbons (Fsp3) is 0.676. The summed E-state index contributed by atoms with van der Waals surface area (Å²) >= 11 is 0. The van der Waals surface area contributed by atoms with Crippen LogP contribution in [0.15, 0.2) is 30.5 Å². The summed E-state index contributed by atoms with van der Waals surface area (Å²) in [5, 5.41) is 6.49. The van der Waals surface area contributed by atoms with Crippen LogP contribution >= 0.6 is 0 Å². The van der Waals surface area contributed by atoms with Gasteiger partial charge in [0, 0.05) is 48.2 Å². The molecule has 1 saturated carbocycles. The minimum Gasteiger partial charge on any atom is -0.467 e. The lowest BCUT2D eigenvalue weighted by Crippen LogP contribution is -2.70. The summed E-state index contributed by atoms with van der Waals surface area (Å²) < 4.78 is 23.5. The molecule has 4 saturated heterocycles. The SMILES string of the molecule is COC(=O)[C@H](Cc1c[nH]c2ccccc12)NC(=O)[C@H](CC(C)C)NC(=O)CCC(=O)O[C@@H]1O[C@H]2O[C@]3(C)CC[C@H]4[C@H](C)CC[C@H]([C@H]1C)[C@@]24OO3. The lowest BCUT2D eigenvalue weighted by atomic mass is 9.58. The van der Waals surface area contributed by atoms with E-state index in [0.29, 0.717) is 18.8 Å². The molecule has 0 radical (unpaired) electrons. The highest BCUT2D eigenvalue weighted by Gasteiger charge is 2.69. The number of aromatic nitrogens is 1. The Balaban J connectivity index is 1.05. The van der Waals surface area contributed by atoms with Gasteiger partial charge in [0.25, 0.3) is 0 Å². The van der Waals surface area contributed by atoms with Crippen molar-refractivity contribution >= 4 is 34.7 Å². The van der Waals surface area contributed by atoms with Gasteiger partial charge in [-0.1, -0.05) is 45.9 Å². The molecule has 50 heavy (non-hydrogen) atoms. The molecule has 10 atom stereocenters. The Kier molecular flexibility index (Phi) is 10.6. The van der Waals surface area contributed by atoms with Gasteiger partial charge in [0.05, 0.1) is 13.5 Å². The van der Waals surface area contributed by atoms with E-state index in [1.807, 2.05) is 52.0 Å². The Morgan fingerprint density at radius 1 is 1.00 bits per heavy atom. The number of fused-ring (bicyclic) bond motifs is 3. The van der Waals surface area contributed by atoms with Gasteiger partial charge in [-0.2, -0.15) is 0 Å². The predicted octanol–water partition coefficient (Wildman–Crippen LogP) is 4.43. The maximum atomic E-state index is 13.5. The first-order chi connectivity index (χ1) is 23.8. The first kappa shape index (κ1) is 36.3. The second kappa shape index (κ2) is 14.6. The summed E-state index contributed by atoms with van der Waals surface area (Å²) in [6, 6.07) is 5.77. The molecule has 13 nitrogen and oxygen atoms in total. The first-order valence-electron chi connectivity index (χ1n) is 18.0. The minimum atomic E-state index is -0.972. The van der Waals surface area contributed by atoms with Crippen molar-refractivity contribution in [1.29, 1.82) is 0 Å². The third-order valence-electron chi connectivity index (χ3n) is 11.2. The molecule has 0 unspecified atom stereocenters. The highest BCUT2D eigenvalue weighted by atomic mass is 17.3. The highest BCUT2D eigenvalue weighted by Crippen LogP contribution is 2.60. The summed E-state index contributed by atoms with van der Waals surface area (Å²) in [6.07, 6.45) is 3.74. The average Bonchev–Trinajstić information content (AvgIpc) is 3.35. The largest absolute Gasteiger partial charge is 0.467 e. The normalized spacial score (nSPS) is 32.8. The fourth-order valence-corrected chi connectivity index (χ4v) is 8.51. The lowest BCUT2D eigenvalue weighted by Gasteiger charge is -2.59. The number of methoxy groups -OCH3 is 1. The number of hydrogen-bond donors (Lipinski definition) is 3. The van der Waals surface area contributed by atoms with Crippen molar-refractivity contribution in [3.05, 3.63) is 36.0 Å². The van der Waals surface area contributed by atoms with Crippen LogP contribution in [0, 0.1) is 29.6 Å². The number of carbonyl (C=O) groups is 4. The van der Waals surface area contributed by atoms with Crippen LogP contribution in [-0.2, 0) is 54.3 Å². The van der Waals surface area contributed by atoms with Crippen LogP contribution in [0.2, 0.25) is 0 Å². The molecule has 5 fully saturated rings. The molecule has 2 aromatic rings. The van der Waals surface area contributed by atoms with E-state index in [-0.39, 0.29) is 42.9 Å². The number of esters is 2. The van der Waals surface area contributed by atoms with Gasteiger partial charge in [-0.3, -0.25) is 14.4 Å². The molecule has 4 aliphatic heterocycles. The van der Waals surface area contributed by atoms with Crippen LogP contribution < -0.4 is 10.6 Å². The Bertz CT molecular complexity index is 1580. The number of aromatic amines is 1. The number of H-pyrrole nitrogens is 1. The summed E-state index contributed by atoms with van der Waals surface area (Å²) in [6.45, 7) is 9.92. The molecular formula is C37H51N3O10. The average molecular weight is 698 g/mol. The molecule has 2 amide bonds. The summed E-state index contributed by atoms with van der Waals surface area (Å²) in [5.41, 5.74) is 0.982. The van der Waals surface area contributed by atoms with Crippen LogP contribution in [0.1, 0.15) is 85.1 Å². The van der Waals surface area contributed by atoms with Crippen molar-refractivity contribution in [3.8, 4) is 0 Å². The van der Waals surface area contributed by atoms with E-state index >= 15 is 0 Å². The molecule has 3 N–H and O–H groups in total. The van der Waals surface area contributed by atoms with Gasteiger partial charge >= 0.3 is 11.9 Å². The van der Waals surface area contributed by atoms with Gasteiger partial charge in [-0.05, 0) is 62.0 Å². The van der Waals surface area contributed by atoms with E-state index in [2.05, 4.69) is 22.5 Å². The van der Waals surface area contributed by atoms with Crippen molar-refractivity contribution in [2.24, 2.45) is 29.6 Å². The molecule has 5 aliphatic rings. The Labute approximate surface area is 292 Å². The molecule has 13 heteroatoms. The Morgan fingerprint density at radius 2 is 1.78 bits per heavy atom. The molecule has 5 heterocycles. The summed E-state index contributed by atoms with van der Waals surface area (Å²) in [5.74, 6) is -2.70. The van der Waals surface area contributed by atoms with Crippen LogP contribution in [-0.4, -0.2) is 71.9 Å². The van der Waals surface area contributed by atoms with Gasteiger partial charge in [0.2, 0.25) is 23.9 Å². The standard InChI is InChI=1S/C37H51N3O10/c1-20(2)17-28(32(43)40-29(33(44)45-6)18-23-19-38-27-10-8-7-9-24(23)27)39-30(41)13-14-31(42)46-34-22(4)26-12-11-21(3)25-15-16-36(5)48-35(47-34)37(25,26)50-49-36/h7-10,19-22,25-26,28-29,34-35,38H,11-18H2,1-6H3,(H,39,41)(H,40,43)/t21-,22-,25+,26-,28+,29+,34-,35+,36+,37-/m1/s1.